The smallest absolute Gasteiger partial charge is 0.321 e. The lowest BCUT2D eigenvalue weighted by Gasteiger charge is -2.21. The summed E-state index contributed by atoms with van der Waals surface area (Å²) in [5.41, 5.74) is 0.411. The van der Waals surface area contributed by atoms with Gasteiger partial charge in [0, 0.05) is 11.2 Å². The van der Waals surface area contributed by atoms with Crippen molar-refractivity contribution in [1.82, 2.24) is 10.6 Å². The molecule has 2 rings (SSSR count). The number of ether oxygens (including phenoxy) is 1. The van der Waals surface area contributed by atoms with Gasteiger partial charge in [0.25, 0.3) is 0 Å². The summed E-state index contributed by atoms with van der Waals surface area (Å²) in [5, 5.41) is 8.12. The van der Waals surface area contributed by atoms with Crippen LogP contribution in [0.5, 0.6) is 5.75 Å². The van der Waals surface area contributed by atoms with Crippen LogP contribution in [0.15, 0.2) is 24.3 Å². The van der Waals surface area contributed by atoms with Gasteiger partial charge in [-0.3, -0.25) is 10.1 Å². The summed E-state index contributed by atoms with van der Waals surface area (Å²) >= 11 is 0. The monoisotopic (exact) mass is 347 g/mol. The number of carbonyl (C=O) groups is 2. The molecule has 0 bridgehead atoms. The number of urea groups is 1. The quantitative estimate of drug-likeness (QED) is 0.762. The Morgan fingerprint density at radius 2 is 1.72 bits per heavy atom. The minimum atomic E-state index is -0.535. The van der Waals surface area contributed by atoms with Gasteiger partial charge in [-0.25, -0.2) is 4.79 Å². The highest BCUT2D eigenvalue weighted by molar-refractivity contribution is 5.98. The van der Waals surface area contributed by atoms with E-state index in [4.69, 9.17) is 4.74 Å². The zero-order valence-corrected chi connectivity index (χ0v) is 15.5. The number of hydrogen-bond donors (Lipinski definition) is 3. The molecule has 25 heavy (non-hydrogen) atoms. The zero-order chi connectivity index (χ0) is 18.4. The number of imide groups is 1. The molecule has 1 aromatic rings. The second-order valence-corrected chi connectivity index (χ2v) is 7.61. The van der Waals surface area contributed by atoms with E-state index in [1.54, 1.807) is 6.92 Å². The van der Waals surface area contributed by atoms with Crippen molar-refractivity contribution in [3.63, 3.8) is 0 Å². The number of amides is 3. The van der Waals surface area contributed by atoms with E-state index in [0.717, 1.165) is 24.3 Å². The number of hydrogen-bond acceptors (Lipinski definition) is 4. The number of rotatable bonds is 5. The third kappa shape index (κ3) is 6.64. The second-order valence-electron chi connectivity index (χ2n) is 7.61. The van der Waals surface area contributed by atoms with Crippen LogP contribution in [0.3, 0.4) is 0 Å². The van der Waals surface area contributed by atoms with Crippen LogP contribution in [-0.2, 0) is 4.79 Å². The maximum Gasteiger partial charge on any atom is 0.321 e. The van der Waals surface area contributed by atoms with E-state index in [-0.39, 0.29) is 5.91 Å². The van der Waals surface area contributed by atoms with Crippen LogP contribution in [0, 0.1) is 0 Å². The lowest BCUT2D eigenvalue weighted by Crippen LogP contribution is -2.51. The summed E-state index contributed by atoms with van der Waals surface area (Å²) in [5.74, 6) is 0.465. The van der Waals surface area contributed by atoms with E-state index in [2.05, 4.69) is 16.0 Å². The Hall–Kier alpha value is -2.24. The van der Waals surface area contributed by atoms with Crippen molar-refractivity contribution in [2.45, 2.75) is 71.1 Å². The molecule has 3 N–H and O–H groups in total. The molecule has 1 saturated carbocycles. The highest BCUT2D eigenvalue weighted by atomic mass is 16.5. The van der Waals surface area contributed by atoms with Crippen LogP contribution in [0.4, 0.5) is 10.5 Å². The van der Waals surface area contributed by atoms with Crippen molar-refractivity contribution in [1.29, 1.82) is 0 Å². The molecule has 1 aliphatic rings. The molecule has 0 aliphatic heterocycles. The molecule has 1 aromatic carbocycles. The largest absolute Gasteiger partial charge is 0.490 e. The summed E-state index contributed by atoms with van der Waals surface area (Å²) in [7, 11) is 0. The van der Waals surface area contributed by atoms with E-state index in [9.17, 15) is 9.59 Å². The minimum Gasteiger partial charge on any atom is -0.490 e. The van der Waals surface area contributed by atoms with Crippen molar-refractivity contribution in [2.75, 3.05) is 5.32 Å². The summed E-state index contributed by atoms with van der Waals surface area (Å²) in [4.78, 5) is 23.8. The van der Waals surface area contributed by atoms with Crippen LogP contribution in [0.1, 0.15) is 53.4 Å². The summed E-state index contributed by atoms with van der Waals surface area (Å²) in [6.07, 6.45) is 5.03. The fourth-order valence-electron chi connectivity index (χ4n) is 2.74. The van der Waals surface area contributed by atoms with Gasteiger partial charge < -0.3 is 15.4 Å². The van der Waals surface area contributed by atoms with Crippen molar-refractivity contribution in [3.8, 4) is 5.75 Å². The van der Waals surface area contributed by atoms with Crippen LogP contribution in [0.25, 0.3) is 0 Å². The molecule has 6 nitrogen and oxygen atoms in total. The van der Waals surface area contributed by atoms with Gasteiger partial charge in [-0.2, -0.15) is 0 Å². The predicted octanol–water partition coefficient (Wildman–Crippen LogP) is 3.43. The van der Waals surface area contributed by atoms with Gasteiger partial charge in [0.1, 0.15) is 11.8 Å². The molecular weight excluding hydrogens is 318 g/mol. The van der Waals surface area contributed by atoms with Crippen LogP contribution < -0.4 is 20.7 Å². The fraction of sp³-hybridized carbons (Fsp3) is 0.579. The SMILES string of the molecule is CC(Nc1ccc(OC2CCCC2)cc1)C(=O)NC(=O)NC(C)(C)C. The molecule has 1 unspecified atom stereocenters. The molecule has 138 valence electrons. The number of benzene rings is 1. The Morgan fingerprint density at radius 3 is 2.28 bits per heavy atom. The molecule has 1 aliphatic carbocycles. The standard InChI is InChI=1S/C19H29N3O3/c1-13(17(23)21-18(24)22-19(2,3)4)20-14-9-11-16(12-10-14)25-15-7-5-6-8-15/h9-13,15,20H,5-8H2,1-4H3,(H2,21,22,23,24). The average molecular weight is 347 g/mol. The molecule has 0 saturated heterocycles. The first kappa shape index (κ1) is 19.1. The summed E-state index contributed by atoms with van der Waals surface area (Å²) in [6.45, 7) is 7.28. The van der Waals surface area contributed by atoms with Gasteiger partial charge in [-0.05, 0) is 77.6 Å². The Morgan fingerprint density at radius 1 is 1.12 bits per heavy atom. The van der Waals surface area contributed by atoms with E-state index in [0.29, 0.717) is 6.10 Å². The predicted molar refractivity (Wildman–Crippen MR) is 98.8 cm³/mol. The topological polar surface area (TPSA) is 79.5 Å². The Labute approximate surface area is 149 Å². The average Bonchev–Trinajstić information content (AvgIpc) is 3.00. The lowest BCUT2D eigenvalue weighted by molar-refractivity contribution is -0.120. The van der Waals surface area contributed by atoms with E-state index in [1.165, 1.54) is 12.8 Å². The fourth-order valence-corrected chi connectivity index (χ4v) is 2.74. The molecule has 1 atom stereocenters. The van der Waals surface area contributed by atoms with E-state index >= 15 is 0 Å². The van der Waals surface area contributed by atoms with Crippen molar-refractivity contribution < 1.29 is 14.3 Å². The van der Waals surface area contributed by atoms with Gasteiger partial charge >= 0.3 is 6.03 Å². The van der Waals surface area contributed by atoms with Crippen molar-refractivity contribution in [3.05, 3.63) is 24.3 Å². The molecule has 0 spiro atoms. The molecule has 0 aromatic heterocycles. The van der Waals surface area contributed by atoms with Crippen molar-refractivity contribution >= 4 is 17.6 Å². The van der Waals surface area contributed by atoms with Gasteiger partial charge in [0.15, 0.2) is 0 Å². The molecule has 3 amide bonds. The van der Waals surface area contributed by atoms with Gasteiger partial charge in [0.2, 0.25) is 5.91 Å². The van der Waals surface area contributed by atoms with E-state index in [1.807, 2.05) is 45.0 Å². The first-order valence-corrected chi connectivity index (χ1v) is 8.89. The third-order valence-electron chi connectivity index (χ3n) is 3.96. The summed E-state index contributed by atoms with van der Waals surface area (Å²) < 4.78 is 5.92. The zero-order valence-electron chi connectivity index (χ0n) is 15.5. The molecule has 0 heterocycles. The molecular formula is C19H29N3O3. The van der Waals surface area contributed by atoms with Crippen LogP contribution in [-0.4, -0.2) is 29.6 Å². The second kappa shape index (κ2) is 8.23. The Kier molecular flexibility index (Phi) is 6.28. The van der Waals surface area contributed by atoms with Crippen molar-refractivity contribution in [2.24, 2.45) is 0 Å². The van der Waals surface area contributed by atoms with Crippen LogP contribution >= 0.6 is 0 Å². The summed E-state index contributed by atoms with van der Waals surface area (Å²) in [6, 6.07) is 6.53. The highest BCUT2D eigenvalue weighted by Crippen LogP contribution is 2.25. The van der Waals surface area contributed by atoms with E-state index < -0.39 is 17.6 Å². The number of nitrogens with one attached hydrogen (secondary N) is 3. The van der Waals surface area contributed by atoms with Gasteiger partial charge in [-0.15, -0.1) is 0 Å². The maximum absolute atomic E-state index is 12.1. The third-order valence-corrected chi connectivity index (χ3v) is 3.96. The molecule has 0 radical (unpaired) electrons. The maximum atomic E-state index is 12.1. The Balaban J connectivity index is 1.81. The first-order chi connectivity index (χ1) is 11.7. The number of anilines is 1. The first-order valence-electron chi connectivity index (χ1n) is 8.89. The minimum absolute atomic E-state index is 0.324. The van der Waals surface area contributed by atoms with Gasteiger partial charge in [-0.1, -0.05) is 0 Å². The molecule has 6 heteroatoms. The number of carbonyl (C=O) groups excluding carboxylic acids is 2. The van der Waals surface area contributed by atoms with Gasteiger partial charge in [0.05, 0.1) is 6.10 Å². The lowest BCUT2D eigenvalue weighted by atomic mass is 10.1. The highest BCUT2D eigenvalue weighted by Gasteiger charge is 2.19. The molecule has 1 fully saturated rings. The normalized spacial score (nSPS) is 16.2. The Bertz CT molecular complexity index is 587. The van der Waals surface area contributed by atoms with Crippen LogP contribution in [0.2, 0.25) is 0 Å².